The largest absolute Gasteiger partial charge is 0.514 e. The Balaban J connectivity index is 2.28. The van der Waals surface area contributed by atoms with E-state index in [-0.39, 0.29) is 17.5 Å². The van der Waals surface area contributed by atoms with Crippen molar-refractivity contribution in [3.05, 3.63) is 83.0 Å². The summed E-state index contributed by atoms with van der Waals surface area (Å²) in [6.45, 7) is 4.49. The van der Waals surface area contributed by atoms with Crippen LogP contribution >= 0.6 is 0 Å². The molecule has 6 heteroatoms. The van der Waals surface area contributed by atoms with E-state index in [0.717, 1.165) is 64.2 Å². The second-order valence-electron chi connectivity index (χ2n) is 13.6. The summed E-state index contributed by atoms with van der Waals surface area (Å²) in [5, 5.41) is 10.9. The fourth-order valence-electron chi connectivity index (χ4n) is 5.87. The van der Waals surface area contributed by atoms with Crippen LogP contribution < -0.4 is 4.74 Å². The Morgan fingerprint density at radius 2 is 0.960 bits per heavy atom. The lowest BCUT2D eigenvalue weighted by molar-refractivity contribution is -0.384. The van der Waals surface area contributed by atoms with Crippen LogP contribution in [0.1, 0.15) is 181 Å². The van der Waals surface area contributed by atoms with Gasteiger partial charge >= 0.3 is 6.16 Å². The predicted molar refractivity (Wildman–Crippen MR) is 212 cm³/mol. The normalized spacial score (nSPS) is 12.0. The number of rotatable bonds is 33. The monoisotopic (exact) mass is 694 g/mol. The molecule has 0 spiro atoms. The highest BCUT2D eigenvalue weighted by molar-refractivity contribution is 5.64. The minimum atomic E-state index is -0.732. The number of benzene rings is 1. The SMILES string of the molecule is CCCCC/C=C\C/C=C\CCCCCCCCC(CCCCCCCC/C=C\C/C=C\CCCCC)OC(=O)Oc1ccc([N+](=O)[O-])cc1. The van der Waals surface area contributed by atoms with Gasteiger partial charge in [0.2, 0.25) is 0 Å². The Labute approximate surface area is 306 Å². The van der Waals surface area contributed by atoms with E-state index in [0.29, 0.717) is 0 Å². The van der Waals surface area contributed by atoms with Crippen LogP contribution in [-0.4, -0.2) is 17.2 Å². The molecular formula is C44H71NO5. The minimum Gasteiger partial charge on any atom is -0.431 e. The molecule has 0 unspecified atom stereocenters. The van der Waals surface area contributed by atoms with Crippen LogP contribution in [0.25, 0.3) is 0 Å². The maximum Gasteiger partial charge on any atom is 0.514 e. The topological polar surface area (TPSA) is 78.7 Å². The van der Waals surface area contributed by atoms with Crippen LogP contribution in [0.15, 0.2) is 72.9 Å². The molecule has 0 aliphatic rings. The molecule has 0 aliphatic carbocycles. The zero-order valence-electron chi connectivity index (χ0n) is 31.9. The molecule has 50 heavy (non-hydrogen) atoms. The summed E-state index contributed by atoms with van der Waals surface area (Å²) < 4.78 is 11.1. The molecule has 1 aromatic rings. The first-order chi connectivity index (χ1) is 24.6. The van der Waals surface area contributed by atoms with Gasteiger partial charge in [0.1, 0.15) is 11.9 Å². The first kappa shape index (κ1) is 44.9. The summed E-state index contributed by atoms with van der Waals surface area (Å²) in [5.41, 5.74) is -0.0432. The van der Waals surface area contributed by atoms with Gasteiger partial charge < -0.3 is 9.47 Å². The van der Waals surface area contributed by atoms with Gasteiger partial charge in [-0.1, -0.05) is 140 Å². The zero-order chi connectivity index (χ0) is 36.2. The van der Waals surface area contributed by atoms with E-state index < -0.39 is 11.1 Å². The summed E-state index contributed by atoms with van der Waals surface area (Å²) >= 11 is 0. The number of carbonyl (C=O) groups excluding carboxylic acids is 1. The number of allylic oxidation sites excluding steroid dienone is 8. The van der Waals surface area contributed by atoms with Crippen LogP contribution in [0.2, 0.25) is 0 Å². The fourth-order valence-corrected chi connectivity index (χ4v) is 5.87. The average Bonchev–Trinajstić information content (AvgIpc) is 3.11. The number of nitrogens with zero attached hydrogens (tertiary/aromatic N) is 1. The lowest BCUT2D eigenvalue weighted by atomic mass is 10.0. The lowest BCUT2D eigenvalue weighted by Crippen LogP contribution is -2.21. The van der Waals surface area contributed by atoms with E-state index >= 15 is 0 Å². The lowest BCUT2D eigenvalue weighted by Gasteiger charge is -2.17. The quantitative estimate of drug-likeness (QED) is 0.0183. The smallest absolute Gasteiger partial charge is 0.431 e. The van der Waals surface area contributed by atoms with Gasteiger partial charge in [-0.25, -0.2) is 4.79 Å². The van der Waals surface area contributed by atoms with Gasteiger partial charge in [-0.05, 0) is 102 Å². The summed E-state index contributed by atoms with van der Waals surface area (Å²) in [6, 6.07) is 5.52. The van der Waals surface area contributed by atoms with Crippen molar-refractivity contribution in [2.75, 3.05) is 0 Å². The third-order valence-corrected chi connectivity index (χ3v) is 8.97. The number of hydrogen-bond acceptors (Lipinski definition) is 5. The molecule has 0 saturated heterocycles. The summed E-state index contributed by atoms with van der Waals surface area (Å²) in [5.74, 6) is 0.252. The van der Waals surface area contributed by atoms with Gasteiger partial charge in [0.15, 0.2) is 0 Å². The first-order valence-electron chi connectivity index (χ1n) is 20.3. The third-order valence-electron chi connectivity index (χ3n) is 8.97. The Morgan fingerprint density at radius 1 is 0.580 bits per heavy atom. The maximum atomic E-state index is 12.6. The number of hydrogen-bond donors (Lipinski definition) is 0. The molecule has 0 fully saturated rings. The number of ether oxygens (including phenoxy) is 2. The molecular weight excluding hydrogens is 622 g/mol. The van der Waals surface area contributed by atoms with Gasteiger partial charge in [0.05, 0.1) is 4.92 Å². The van der Waals surface area contributed by atoms with Gasteiger partial charge in [-0.3, -0.25) is 10.1 Å². The summed E-state index contributed by atoms with van der Waals surface area (Å²) in [6.07, 6.45) is 48.1. The molecule has 6 nitrogen and oxygen atoms in total. The van der Waals surface area contributed by atoms with Crippen molar-refractivity contribution in [3.8, 4) is 5.75 Å². The highest BCUT2D eigenvalue weighted by Gasteiger charge is 2.17. The number of nitro benzene ring substituents is 1. The molecule has 0 atom stereocenters. The van der Waals surface area contributed by atoms with Gasteiger partial charge in [0, 0.05) is 12.1 Å². The predicted octanol–water partition coefficient (Wildman–Crippen LogP) is 14.9. The highest BCUT2D eigenvalue weighted by atomic mass is 16.7. The molecule has 0 amide bonds. The van der Waals surface area contributed by atoms with Gasteiger partial charge in [-0.2, -0.15) is 0 Å². The standard InChI is InChI=1S/C44H71NO5/c1-3-5-7-9-11-13-15-17-19-21-23-25-27-29-31-33-35-42(49-44(46)50-43-39-37-41(38-40-43)45(47)48)36-34-32-30-28-26-24-22-20-18-16-14-12-10-8-6-4-2/h11-14,17-20,37-40,42H,3-10,15-16,21-36H2,1-2H3/b13-11-,14-12-,19-17-,20-18-. The zero-order valence-corrected chi connectivity index (χ0v) is 31.9. The second kappa shape index (κ2) is 34.3. The van der Waals surface area contributed by atoms with Gasteiger partial charge in [0.25, 0.3) is 5.69 Å². The van der Waals surface area contributed by atoms with E-state index in [1.54, 1.807) is 0 Å². The first-order valence-corrected chi connectivity index (χ1v) is 20.3. The third kappa shape index (κ3) is 28.7. The minimum absolute atomic E-state index is 0.0432. The van der Waals surface area contributed by atoms with Gasteiger partial charge in [-0.15, -0.1) is 0 Å². The van der Waals surface area contributed by atoms with Crippen molar-refractivity contribution in [3.63, 3.8) is 0 Å². The molecule has 0 bridgehead atoms. The molecule has 0 heterocycles. The van der Waals surface area contributed by atoms with Crippen LogP contribution in [0, 0.1) is 10.1 Å². The maximum absolute atomic E-state index is 12.6. The Morgan fingerprint density at radius 3 is 1.36 bits per heavy atom. The molecule has 1 aromatic carbocycles. The van der Waals surface area contributed by atoms with E-state index in [4.69, 9.17) is 9.47 Å². The van der Waals surface area contributed by atoms with Crippen molar-refractivity contribution in [2.24, 2.45) is 0 Å². The molecule has 0 radical (unpaired) electrons. The average molecular weight is 694 g/mol. The highest BCUT2D eigenvalue weighted by Crippen LogP contribution is 2.21. The molecule has 0 N–H and O–H groups in total. The van der Waals surface area contributed by atoms with Crippen LogP contribution in [0.4, 0.5) is 10.5 Å². The van der Waals surface area contributed by atoms with Crippen molar-refractivity contribution < 1.29 is 19.2 Å². The fraction of sp³-hybridized carbons (Fsp3) is 0.659. The molecule has 1 rings (SSSR count). The van der Waals surface area contributed by atoms with E-state index in [1.807, 2.05) is 0 Å². The number of unbranched alkanes of at least 4 members (excludes halogenated alkanes) is 18. The van der Waals surface area contributed by atoms with Crippen LogP contribution in [-0.2, 0) is 4.74 Å². The van der Waals surface area contributed by atoms with Crippen molar-refractivity contribution in [1.82, 2.24) is 0 Å². The van der Waals surface area contributed by atoms with Crippen LogP contribution in [0.5, 0.6) is 5.75 Å². The van der Waals surface area contributed by atoms with E-state index in [1.165, 1.54) is 127 Å². The number of nitro groups is 1. The van der Waals surface area contributed by atoms with Crippen molar-refractivity contribution in [2.45, 2.75) is 187 Å². The molecule has 0 aliphatic heterocycles. The second-order valence-corrected chi connectivity index (χ2v) is 13.6. The Bertz CT molecular complexity index is 1010. The van der Waals surface area contributed by atoms with E-state index in [2.05, 4.69) is 62.5 Å². The number of non-ortho nitro benzene ring substituents is 1. The summed E-state index contributed by atoms with van der Waals surface area (Å²) in [4.78, 5) is 23.0. The molecule has 282 valence electrons. The molecule has 0 aromatic heterocycles. The van der Waals surface area contributed by atoms with Crippen LogP contribution in [0.3, 0.4) is 0 Å². The Kier molecular flexibility index (Phi) is 30.8. The molecule has 0 saturated carbocycles. The number of carbonyl (C=O) groups is 1. The van der Waals surface area contributed by atoms with Crippen molar-refractivity contribution in [1.29, 1.82) is 0 Å². The van der Waals surface area contributed by atoms with E-state index in [9.17, 15) is 14.9 Å². The Hall–Kier alpha value is -3.15. The summed E-state index contributed by atoms with van der Waals surface area (Å²) in [7, 11) is 0. The van der Waals surface area contributed by atoms with Crippen molar-refractivity contribution >= 4 is 11.8 Å².